The summed E-state index contributed by atoms with van der Waals surface area (Å²) in [5.74, 6) is -1.16. The largest absolute Gasteiger partial charge is 0.481 e. The van der Waals surface area contributed by atoms with Crippen LogP contribution in [-0.4, -0.2) is 39.9 Å². The molecule has 102 valence electrons. The Hall–Kier alpha value is -1.96. The molecular formula is C11H12N2O5S. The molecule has 1 unspecified atom stereocenters. The number of carboxylic acids is 1. The van der Waals surface area contributed by atoms with Gasteiger partial charge in [0.05, 0.1) is 9.80 Å². The lowest BCUT2D eigenvalue weighted by molar-refractivity contribution is -0.380. The van der Waals surface area contributed by atoms with Gasteiger partial charge in [-0.3, -0.25) is 19.7 Å². The molecule has 0 aromatic carbocycles. The summed E-state index contributed by atoms with van der Waals surface area (Å²) in [7, 11) is 0. The van der Waals surface area contributed by atoms with Gasteiger partial charge in [0, 0.05) is 25.6 Å². The van der Waals surface area contributed by atoms with E-state index in [1.54, 1.807) is 4.90 Å². The first-order valence-electron chi connectivity index (χ1n) is 5.72. The van der Waals surface area contributed by atoms with E-state index in [9.17, 15) is 19.7 Å². The maximum absolute atomic E-state index is 12.1. The van der Waals surface area contributed by atoms with Crippen LogP contribution in [0.15, 0.2) is 12.1 Å². The van der Waals surface area contributed by atoms with E-state index in [2.05, 4.69) is 0 Å². The molecule has 8 heteroatoms. The molecule has 2 rings (SSSR count). The van der Waals surface area contributed by atoms with E-state index >= 15 is 0 Å². The molecular weight excluding hydrogens is 272 g/mol. The summed E-state index contributed by atoms with van der Waals surface area (Å²) in [5, 5.41) is 19.2. The second kappa shape index (κ2) is 5.35. The average molecular weight is 284 g/mol. The van der Waals surface area contributed by atoms with Crippen LogP contribution in [0.4, 0.5) is 5.00 Å². The molecule has 19 heavy (non-hydrogen) atoms. The zero-order chi connectivity index (χ0) is 14.0. The molecule has 0 spiro atoms. The molecule has 0 saturated carbocycles. The third-order valence-electron chi connectivity index (χ3n) is 3.02. The molecule has 0 radical (unpaired) electrons. The first kappa shape index (κ1) is 13.5. The average Bonchev–Trinajstić information content (AvgIpc) is 2.95. The van der Waals surface area contributed by atoms with Gasteiger partial charge in [-0.1, -0.05) is 11.3 Å². The minimum atomic E-state index is -0.869. The highest BCUT2D eigenvalue weighted by Crippen LogP contribution is 2.27. The third kappa shape index (κ3) is 3.08. The van der Waals surface area contributed by atoms with Gasteiger partial charge in [0.2, 0.25) is 0 Å². The van der Waals surface area contributed by atoms with E-state index in [4.69, 9.17) is 5.11 Å². The van der Waals surface area contributed by atoms with Crippen molar-refractivity contribution in [3.8, 4) is 0 Å². The minimum absolute atomic E-state index is 0.0311. The number of thiophene rings is 1. The molecule has 1 aromatic rings. The van der Waals surface area contributed by atoms with E-state index in [0.29, 0.717) is 24.4 Å². The predicted octanol–water partition coefficient (Wildman–Crippen LogP) is 1.59. The number of carbonyl (C=O) groups excluding carboxylic acids is 1. The number of nitrogens with zero attached hydrogens (tertiary/aromatic N) is 2. The number of carbonyl (C=O) groups is 2. The Balaban J connectivity index is 2.00. The summed E-state index contributed by atoms with van der Waals surface area (Å²) in [6.07, 6.45) is 0.708. The number of aliphatic carboxylic acids is 1. The molecule has 0 bridgehead atoms. The maximum Gasteiger partial charge on any atom is 0.324 e. The van der Waals surface area contributed by atoms with Crippen molar-refractivity contribution in [3.63, 3.8) is 0 Å². The van der Waals surface area contributed by atoms with Crippen LogP contribution in [0.1, 0.15) is 22.5 Å². The number of hydrogen-bond donors (Lipinski definition) is 1. The van der Waals surface area contributed by atoms with Crippen LogP contribution in [0.5, 0.6) is 0 Å². The third-order valence-corrected chi connectivity index (χ3v) is 4.04. The van der Waals surface area contributed by atoms with Gasteiger partial charge in [0.1, 0.15) is 0 Å². The van der Waals surface area contributed by atoms with Gasteiger partial charge < -0.3 is 10.0 Å². The Morgan fingerprint density at radius 3 is 2.84 bits per heavy atom. The molecule has 2 heterocycles. The Bertz CT molecular complexity index is 527. The van der Waals surface area contributed by atoms with Crippen molar-refractivity contribution in [1.82, 2.24) is 4.90 Å². The number of carboxylic acid groups (broad SMARTS) is 1. The summed E-state index contributed by atoms with van der Waals surface area (Å²) >= 11 is 0.844. The lowest BCUT2D eigenvalue weighted by Crippen LogP contribution is -2.28. The highest BCUT2D eigenvalue weighted by molar-refractivity contribution is 7.17. The van der Waals surface area contributed by atoms with Crippen molar-refractivity contribution in [2.45, 2.75) is 12.8 Å². The SMILES string of the molecule is O=C(O)CC1CCN(C(=O)c2ccc([N+](=O)[O-])s2)C1. The summed E-state index contributed by atoms with van der Waals surface area (Å²) < 4.78 is 0. The molecule has 1 N–H and O–H groups in total. The predicted molar refractivity (Wildman–Crippen MR) is 67.2 cm³/mol. The van der Waals surface area contributed by atoms with Crippen molar-refractivity contribution < 1.29 is 19.6 Å². The van der Waals surface area contributed by atoms with Gasteiger partial charge in [0.25, 0.3) is 5.91 Å². The van der Waals surface area contributed by atoms with E-state index in [1.807, 2.05) is 0 Å². The monoisotopic (exact) mass is 284 g/mol. The zero-order valence-electron chi connectivity index (χ0n) is 9.94. The van der Waals surface area contributed by atoms with Crippen LogP contribution in [0.2, 0.25) is 0 Å². The molecule has 1 amide bonds. The lowest BCUT2D eigenvalue weighted by atomic mass is 10.1. The van der Waals surface area contributed by atoms with Crippen LogP contribution in [0, 0.1) is 16.0 Å². The smallest absolute Gasteiger partial charge is 0.324 e. The second-order valence-corrected chi connectivity index (χ2v) is 5.46. The first-order chi connectivity index (χ1) is 8.97. The standard InChI is InChI=1S/C11H12N2O5S/c14-10(15)5-7-3-4-12(6-7)11(16)8-1-2-9(19-8)13(17)18/h1-2,7H,3-6H2,(H,14,15). The highest BCUT2D eigenvalue weighted by Gasteiger charge is 2.29. The minimum Gasteiger partial charge on any atom is -0.481 e. The Morgan fingerprint density at radius 2 is 2.26 bits per heavy atom. The van der Waals surface area contributed by atoms with Gasteiger partial charge in [-0.05, 0) is 18.4 Å². The number of nitro groups is 1. The second-order valence-electron chi connectivity index (χ2n) is 4.40. The van der Waals surface area contributed by atoms with Gasteiger partial charge >= 0.3 is 11.0 Å². The Morgan fingerprint density at radius 1 is 1.53 bits per heavy atom. The van der Waals surface area contributed by atoms with Gasteiger partial charge in [0.15, 0.2) is 0 Å². The topological polar surface area (TPSA) is 101 Å². The number of hydrogen-bond acceptors (Lipinski definition) is 5. The van der Waals surface area contributed by atoms with Crippen molar-refractivity contribution in [3.05, 3.63) is 27.1 Å². The summed E-state index contributed by atoms with van der Waals surface area (Å²) in [6, 6.07) is 2.75. The van der Waals surface area contributed by atoms with Crippen LogP contribution in [0.25, 0.3) is 0 Å². The fraction of sp³-hybridized carbons (Fsp3) is 0.455. The van der Waals surface area contributed by atoms with Gasteiger partial charge in [-0.2, -0.15) is 0 Å². The summed E-state index contributed by atoms with van der Waals surface area (Å²) in [6.45, 7) is 0.902. The molecule has 7 nitrogen and oxygen atoms in total. The van der Waals surface area contributed by atoms with E-state index in [-0.39, 0.29) is 23.2 Å². The van der Waals surface area contributed by atoms with Crippen LogP contribution in [0.3, 0.4) is 0 Å². The molecule has 0 aliphatic carbocycles. The Labute approximate surface area is 112 Å². The molecule has 1 aliphatic heterocycles. The van der Waals surface area contributed by atoms with Crippen molar-refractivity contribution in [2.75, 3.05) is 13.1 Å². The highest BCUT2D eigenvalue weighted by atomic mass is 32.1. The van der Waals surface area contributed by atoms with E-state index < -0.39 is 10.9 Å². The number of amides is 1. The summed E-state index contributed by atoms with van der Waals surface area (Å²) in [5.41, 5.74) is 0. The van der Waals surface area contributed by atoms with Crippen LogP contribution in [-0.2, 0) is 4.79 Å². The van der Waals surface area contributed by atoms with Crippen molar-refractivity contribution >= 4 is 28.2 Å². The van der Waals surface area contributed by atoms with Crippen molar-refractivity contribution in [2.24, 2.45) is 5.92 Å². The fourth-order valence-electron chi connectivity index (χ4n) is 2.13. The zero-order valence-corrected chi connectivity index (χ0v) is 10.8. The fourth-order valence-corrected chi connectivity index (χ4v) is 2.92. The first-order valence-corrected chi connectivity index (χ1v) is 6.54. The normalized spacial score (nSPS) is 18.5. The van der Waals surface area contributed by atoms with E-state index in [0.717, 1.165) is 11.3 Å². The molecule has 1 fully saturated rings. The molecule has 1 saturated heterocycles. The number of rotatable bonds is 4. The molecule has 1 aromatic heterocycles. The summed E-state index contributed by atoms with van der Waals surface area (Å²) in [4.78, 5) is 34.6. The van der Waals surface area contributed by atoms with Crippen LogP contribution < -0.4 is 0 Å². The Kier molecular flexibility index (Phi) is 3.79. The van der Waals surface area contributed by atoms with Crippen LogP contribution >= 0.6 is 11.3 Å². The maximum atomic E-state index is 12.1. The van der Waals surface area contributed by atoms with E-state index in [1.165, 1.54) is 12.1 Å². The van der Waals surface area contributed by atoms with Crippen molar-refractivity contribution in [1.29, 1.82) is 0 Å². The quantitative estimate of drug-likeness (QED) is 0.668. The molecule has 1 aliphatic rings. The molecule has 1 atom stereocenters. The number of likely N-dealkylation sites (tertiary alicyclic amines) is 1. The van der Waals surface area contributed by atoms with Gasteiger partial charge in [-0.15, -0.1) is 0 Å². The lowest BCUT2D eigenvalue weighted by Gasteiger charge is -2.14. The van der Waals surface area contributed by atoms with Gasteiger partial charge in [-0.25, -0.2) is 0 Å².